The summed E-state index contributed by atoms with van der Waals surface area (Å²) in [7, 11) is -2.64. The molecular weight excluding hydrogens is 526 g/mol. The Balaban J connectivity index is 2.06. The van der Waals surface area contributed by atoms with E-state index in [1.807, 2.05) is 52.0 Å². The number of ether oxygens (including phenoxy) is 1. The van der Waals surface area contributed by atoms with Gasteiger partial charge >= 0.3 is 0 Å². The molecule has 0 aliphatic heterocycles. The molecule has 0 fully saturated rings. The highest BCUT2D eigenvalue weighted by Crippen LogP contribution is 2.27. The van der Waals surface area contributed by atoms with E-state index < -0.39 is 28.5 Å². The Labute approximate surface area is 238 Å². The summed E-state index contributed by atoms with van der Waals surface area (Å²) in [6, 6.07) is 21.4. The summed E-state index contributed by atoms with van der Waals surface area (Å²) in [5.74, 6) is -0.306. The van der Waals surface area contributed by atoms with E-state index in [9.17, 15) is 18.0 Å². The van der Waals surface area contributed by atoms with E-state index >= 15 is 0 Å². The first-order valence-corrected chi connectivity index (χ1v) is 14.9. The second-order valence-electron chi connectivity index (χ2n) is 9.78. The monoisotopic (exact) mass is 565 g/mol. The molecule has 0 saturated carbocycles. The van der Waals surface area contributed by atoms with Crippen LogP contribution in [-0.4, -0.2) is 50.9 Å². The summed E-state index contributed by atoms with van der Waals surface area (Å²) in [6.45, 7) is 7.36. The molecular formula is C31H39N3O5S. The van der Waals surface area contributed by atoms with Crippen molar-refractivity contribution in [1.29, 1.82) is 0 Å². The van der Waals surface area contributed by atoms with E-state index in [0.717, 1.165) is 21.9 Å². The first-order chi connectivity index (χ1) is 19.1. The fraction of sp³-hybridized carbons (Fsp3) is 0.355. The third-order valence-electron chi connectivity index (χ3n) is 6.81. The number of nitrogens with zero attached hydrogens (tertiary/aromatic N) is 2. The number of anilines is 1. The molecule has 0 spiro atoms. The summed E-state index contributed by atoms with van der Waals surface area (Å²) in [5.41, 5.74) is 2.19. The average Bonchev–Trinajstić information content (AvgIpc) is 2.96. The maximum absolute atomic E-state index is 14.1. The quantitative estimate of drug-likeness (QED) is 0.317. The summed E-state index contributed by atoms with van der Waals surface area (Å²) in [6.07, 6.45) is 1.11. The molecule has 2 atom stereocenters. The number of carbonyl (C=O) groups excluding carboxylic acids is 2. The van der Waals surface area contributed by atoms with E-state index in [2.05, 4.69) is 5.32 Å². The number of benzene rings is 3. The van der Waals surface area contributed by atoms with Gasteiger partial charge in [-0.2, -0.15) is 0 Å². The second-order valence-corrected chi connectivity index (χ2v) is 11.6. The predicted molar refractivity (Wildman–Crippen MR) is 158 cm³/mol. The van der Waals surface area contributed by atoms with Gasteiger partial charge in [0.25, 0.3) is 10.0 Å². The van der Waals surface area contributed by atoms with Crippen LogP contribution in [0.4, 0.5) is 5.69 Å². The Morgan fingerprint density at radius 2 is 1.60 bits per heavy atom. The number of methoxy groups -OCH3 is 1. The lowest BCUT2D eigenvalue weighted by Gasteiger charge is -2.33. The van der Waals surface area contributed by atoms with Gasteiger partial charge in [-0.15, -0.1) is 0 Å². The molecule has 2 unspecified atom stereocenters. The molecule has 3 rings (SSSR count). The predicted octanol–water partition coefficient (Wildman–Crippen LogP) is 4.92. The number of sulfonamides is 1. The number of hydrogen-bond acceptors (Lipinski definition) is 5. The fourth-order valence-electron chi connectivity index (χ4n) is 4.26. The second kappa shape index (κ2) is 14.0. The zero-order valence-corrected chi connectivity index (χ0v) is 24.6. The molecule has 214 valence electrons. The van der Waals surface area contributed by atoms with Crippen LogP contribution in [0.15, 0.2) is 83.8 Å². The van der Waals surface area contributed by atoms with Gasteiger partial charge in [-0.05, 0) is 56.5 Å². The van der Waals surface area contributed by atoms with Crippen LogP contribution in [0, 0.1) is 6.92 Å². The van der Waals surface area contributed by atoms with Crippen molar-refractivity contribution in [3.63, 3.8) is 0 Å². The standard InChI is InChI=1S/C31H39N3O5S/c1-6-24(4)32-31(36)29(7-2)33(21-25-18-16-23(3)17-19-25)30(35)22-34(26-12-11-13-27(20-26)39-5)40(37,38)28-14-9-8-10-15-28/h8-20,24,29H,6-7,21-22H2,1-5H3,(H,32,36). The highest BCUT2D eigenvalue weighted by molar-refractivity contribution is 7.92. The van der Waals surface area contributed by atoms with Crippen molar-refractivity contribution >= 4 is 27.5 Å². The van der Waals surface area contributed by atoms with Crippen molar-refractivity contribution in [1.82, 2.24) is 10.2 Å². The molecule has 9 heteroatoms. The van der Waals surface area contributed by atoms with Gasteiger partial charge < -0.3 is 15.0 Å². The Morgan fingerprint density at radius 1 is 0.925 bits per heavy atom. The molecule has 2 amide bonds. The molecule has 0 saturated heterocycles. The molecule has 0 aliphatic carbocycles. The molecule has 0 radical (unpaired) electrons. The Morgan fingerprint density at radius 3 is 2.20 bits per heavy atom. The number of carbonyl (C=O) groups is 2. The third kappa shape index (κ3) is 7.63. The summed E-state index contributed by atoms with van der Waals surface area (Å²) < 4.78 is 34.2. The maximum atomic E-state index is 14.1. The first kappa shape index (κ1) is 30.7. The van der Waals surface area contributed by atoms with Crippen LogP contribution >= 0.6 is 0 Å². The lowest BCUT2D eigenvalue weighted by molar-refractivity contribution is -0.140. The number of nitrogens with one attached hydrogen (secondary N) is 1. The lowest BCUT2D eigenvalue weighted by atomic mass is 10.1. The largest absolute Gasteiger partial charge is 0.497 e. The van der Waals surface area contributed by atoms with Crippen molar-refractivity contribution in [3.8, 4) is 5.75 Å². The van der Waals surface area contributed by atoms with E-state index in [4.69, 9.17) is 4.74 Å². The smallest absolute Gasteiger partial charge is 0.264 e. The summed E-state index contributed by atoms with van der Waals surface area (Å²) in [5, 5.41) is 2.99. The molecule has 8 nitrogen and oxygen atoms in total. The van der Waals surface area contributed by atoms with Gasteiger partial charge in [0.15, 0.2) is 0 Å². The van der Waals surface area contributed by atoms with Crippen LogP contribution in [0.25, 0.3) is 0 Å². The Bertz CT molecular complexity index is 1380. The first-order valence-electron chi connectivity index (χ1n) is 13.5. The normalized spacial score (nSPS) is 12.7. The van der Waals surface area contributed by atoms with Crippen molar-refractivity contribution in [3.05, 3.63) is 90.0 Å². The van der Waals surface area contributed by atoms with E-state index in [1.54, 1.807) is 42.5 Å². The summed E-state index contributed by atoms with van der Waals surface area (Å²) >= 11 is 0. The van der Waals surface area contributed by atoms with E-state index in [1.165, 1.54) is 24.1 Å². The molecule has 0 aromatic heterocycles. The molecule has 3 aromatic carbocycles. The molecule has 1 N–H and O–H groups in total. The van der Waals surface area contributed by atoms with Crippen molar-refractivity contribution in [2.24, 2.45) is 0 Å². The van der Waals surface area contributed by atoms with Gasteiger partial charge in [-0.25, -0.2) is 8.42 Å². The van der Waals surface area contributed by atoms with Crippen molar-refractivity contribution in [2.75, 3.05) is 18.0 Å². The van der Waals surface area contributed by atoms with Crippen LogP contribution in [0.5, 0.6) is 5.75 Å². The van der Waals surface area contributed by atoms with Crippen LogP contribution in [0.2, 0.25) is 0 Å². The molecule has 0 heterocycles. The van der Waals surface area contributed by atoms with Gasteiger partial charge in [0.1, 0.15) is 18.3 Å². The fourth-order valence-corrected chi connectivity index (χ4v) is 5.69. The average molecular weight is 566 g/mol. The van der Waals surface area contributed by atoms with Gasteiger partial charge in [0, 0.05) is 18.7 Å². The number of aryl methyl sites for hydroxylation is 1. The topological polar surface area (TPSA) is 96.0 Å². The minimum absolute atomic E-state index is 0.0530. The van der Waals surface area contributed by atoms with E-state index in [0.29, 0.717) is 12.2 Å². The van der Waals surface area contributed by atoms with E-state index in [-0.39, 0.29) is 29.1 Å². The third-order valence-corrected chi connectivity index (χ3v) is 8.60. The SMILES string of the molecule is CCC(C)NC(=O)C(CC)N(Cc1ccc(C)cc1)C(=O)CN(c1cccc(OC)c1)S(=O)(=O)c1ccccc1. The van der Waals surface area contributed by atoms with Crippen LogP contribution in [0.3, 0.4) is 0 Å². The van der Waals surface area contributed by atoms with Crippen LogP contribution < -0.4 is 14.4 Å². The number of amides is 2. The highest BCUT2D eigenvalue weighted by atomic mass is 32.2. The van der Waals surface area contributed by atoms with Crippen molar-refractivity contribution < 1.29 is 22.7 Å². The number of rotatable bonds is 13. The Kier molecular flexibility index (Phi) is 10.7. The van der Waals surface area contributed by atoms with Crippen LogP contribution in [-0.2, 0) is 26.2 Å². The minimum atomic E-state index is -4.13. The van der Waals surface area contributed by atoms with Crippen LogP contribution in [0.1, 0.15) is 44.7 Å². The minimum Gasteiger partial charge on any atom is -0.497 e. The van der Waals surface area contributed by atoms with Crippen molar-refractivity contribution in [2.45, 2.75) is 64.1 Å². The highest BCUT2D eigenvalue weighted by Gasteiger charge is 2.34. The van der Waals surface area contributed by atoms with Gasteiger partial charge in [-0.3, -0.25) is 13.9 Å². The van der Waals surface area contributed by atoms with Gasteiger partial charge in [0.05, 0.1) is 17.7 Å². The molecule has 0 bridgehead atoms. The number of hydrogen-bond donors (Lipinski definition) is 1. The molecule has 3 aromatic rings. The zero-order valence-electron chi connectivity index (χ0n) is 23.8. The zero-order chi connectivity index (χ0) is 29.3. The lowest BCUT2D eigenvalue weighted by Crippen LogP contribution is -2.53. The summed E-state index contributed by atoms with van der Waals surface area (Å²) in [4.78, 5) is 29.0. The Hall–Kier alpha value is -3.85. The molecule has 40 heavy (non-hydrogen) atoms. The van der Waals surface area contributed by atoms with Gasteiger partial charge in [0.2, 0.25) is 11.8 Å². The molecule has 0 aliphatic rings. The van der Waals surface area contributed by atoms with Gasteiger partial charge in [-0.1, -0.05) is 67.9 Å². The maximum Gasteiger partial charge on any atom is 0.264 e.